The first-order chi connectivity index (χ1) is 10.7. The second-order valence-electron chi connectivity index (χ2n) is 5.76. The third-order valence-electron chi connectivity index (χ3n) is 4.14. The van der Waals surface area contributed by atoms with Gasteiger partial charge >= 0.3 is 0 Å². The molecule has 1 aromatic carbocycles. The molecule has 0 aliphatic heterocycles. The molecule has 0 spiro atoms. The number of carbonyl (C=O) groups excluding carboxylic acids is 1. The maximum atomic E-state index is 12.4. The topological polar surface area (TPSA) is 58.9 Å². The van der Waals surface area contributed by atoms with Crippen LogP contribution in [-0.4, -0.2) is 15.8 Å². The van der Waals surface area contributed by atoms with Crippen molar-refractivity contribution in [3.8, 4) is 11.4 Å². The van der Waals surface area contributed by atoms with Crippen LogP contribution in [0, 0.1) is 6.92 Å². The molecule has 2 aromatic heterocycles. The molecular formula is C18H16N2O2. The van der Waals surface area contributed by atoms with E-state index in [0.29, 0.717) is 12.1 Å². The van der Waals surface area contributed by atoms with Crippen LogP contribution in [0.15, 0.2) is 46.9 Å². The summed E-state index contributed by atoms with van der Waals surface area (Å²) in [5.41, 5.74) is 2.49. The molecule has 3 aromatic rings. The van der Waals surface area contributed by atoms with E-state index in [0.717, 1.165) is 35.0 Å². The molecule has 4 nitrogen and oxygen atoms in total. The van der Waals surface area contributed by atoms with Crippen LogP contribution in [0.5, 0.6) is 0 Å². The van der Waals surface area contributed by atoms with Crippen LogP contribution < -0.4 is 0 Å². The van der Waals surface area contributed by atoms with E-state index >= 15 is 0 Å². The van der Waals surface area contributed by atoms with E-state index in [1.54, 1.807) is 0 Å². The van der Waals surface area contributed by atoms with E-state index in [1.165, 1.54) is 0 Å². The number of Topliss-reactive ketones (excluding diaryl/α,β-unsaturated/α-hetero) is 1. The summed E-state index contributed by atoms with van der Waals surface area (Å²) >= 11 is 0. The Balaban J connectivity index is 1.69. The average molecular weight is 292 g/mol. The van der Waals surface area contributed by atoms with Gasteiger partial charge in [-0.1, -0.05) is 30.3 Å². The van der Waals surface area contributed by atoms with Gasteiger partial charge in [0, 0.05) is 30.0 Å². The summed E-state index contributed by atoms with van der Waals surface area (Å²) in [4.78, 5) is 20.2. The van der Waals surface area contributed by atoms with Crippen molar-refractivity contribution >= 4 is 5.78 Å². The van der Waals surface area contributed by atoms with Crippen molar-refractivity contribution in [2.75, 3.05) is 0 Å². The molecule has 110 valence electrons. The fraction of sp³-hybridized carbons (Fsp3) is 0.222. The molecule has 0 unspecified atom stereocenters. The lowest BCUT2D eigenvalue weighted by Crippen LogP contribution is -2.18. The molecule has 0 saturated carbocycles. The number of aromatic amines is 1. The van der Waals surface area contributed by atoms with E-state index < -0.39 is 0 Å². The number of hydrogen-bond acceptors (Lipinski definition) is 3. The number of fused-ring (bicyclic) bond motifs is 1. The Bertz CT molecular complexity index is 830. The molecule has 1 N–H and O–H groups in total. The van der Waals surface area contributed by atoms with Crippen LogP contribution >= 0.6 is 0 Å². The molecule has 0 amide bonds. The van der Waals surface area contributed by atoms with E-state index in [2.05, 4.69) is 9.97 Å². The van der Waals surface area contributed by atoms with Crippen molar-refractivity contribution in [3.05, 3.63) is 65.4 Å². The molecule has 4 rings (SSSR count). The molecule has 1 aliphatic rings. The number of hydrogen-bond donors (Lipinski definition) is 1. The largest absolute Gasteiger partial charge is 0.466 e. The minimum Gasteiger partial charge on any atom is -0.466 e. The Labute approximate surface area is 128 Å². The molecule has 1 aliphatic carbocycles. The number of aryl methyl sites for hydroxylation is 1. The van der Waals surface area contributed by atoms with E-state index in [-0.39, 0.29) is 11.7 Å². The number of H-pyrrole nitrogens is 1. The van der Waals surface area contributed by atoms with Gasteiger partial charge in [0.1, 0.15) is 23.0 Å². The minimum absolute atomic E-state index is 0.0822. The monoisotopic (exact) mass is 292 g/mol. The van der Waals surface area contributed by atoms with Gasteiger partial charge in [-0.3, -0.25) is 4.79 Å². The second-order valence-corrected chi connectivity index (χ2v) is 5.76. The number of imidazole rings is 1. The molecule has 0 fully saturated rings. The summed E-state index contributed by atoms with van der Waals surface area (Å²) in [5.74, 6) is 2.70. The van der Waals surface area contributed by atoms with Gasteiger partial charge in [0.2, 0.25) is 0 Å². The summed E-state index contributed by atoms with van der Waals surface area (Å²) in [7, 11) is 0. The highest BCUT2D eigenvalue weighted by Crippen LogP contribution is 2.33. The molecular weight excluding hydrogens is 276 g/mol. The van der Waals surface area contributed by atoms with Crippen LogP contribution in [0.2, 0.25) is 0 Å². The first-order valence-corrected chi connectivity index (χ1v) is 7.44. The number of carbonyl (C=O) groups is 1. The highest BCUT2D eigenvalue weighted by atomic mass is 16.3. The number of nitrogens with one attached hydrogen (secondary N) is 1. The summed E-state index contributed by atoms with van der Waals surface area (Å²) in [5, 5.41) is 0. The zero-order chi connectivity index (χ0) is 15.1. The second kappa shape index (κ2) is 4.98. The van der Waals surface area contributed by atoms with Crippen LogP contribution in [0.25, 0.3) is 11.4 Å². The van der Waals surface area contributed by atoms with Crippen LogP contribution in [0.3, 0.4) is 0 Å². The molecule has 1 atom stereocenters. The molecule has 0 saturated heterocycles. The van der Waals surface area contributed by atoms with Gasteiger partial charge in [-0.2, -0.15) is 0 Å². The standard InChI is InChI=1S/C18H16N2O2/c1-11-7-8-16(22-11)13-9-14-17(15(21)10-13)20-18(19-14)12-5-3-2-4-6-12/h2-8,13H,9-10H2,1H3,(H,19,20)/t13-/m1/s1. The quantitative estimate of drug-likeness (QED) is 0.779. The number of nitrogens with zero attached hydrogens (tertiary/aromatic N) is 1. The highest BCUT2D eigenvalue weighted by Gasteiger charge is 2.31. The lowest BCUT2D eigenvalue weighted by atomic mass is 9.87. The summed E-state index contributed by atoms with van der Waals surface area (Å²) in [6, 6.07) is 13.8. The normalized spacial score (nSPS) is 17.5. The van der Waals surface area contributed by atoms with Crippen molar-refractivity contribution in [2.24, 2.45) is 0 Å². The van der Waals surface area contributed by atoms with Crippen molar-refractivity contribution in [1.82, 2.24) is 9.97 Å². The summed E-state index contributed by atoms with van der Waals surface area (Å²) < 4.78 is 5.69. The summed E-state index contributed by atoms with van der Waals surface area (Å²) in [6.45, 7) is 1.92. The highest BCUT2D eigenvalue weighted by molar-refractivity contribution is 5.97. The lowest BCUT2D eigenvalue weighted by molar-refractivity contribution is 0.0955. The van der Waals surface area contributed by atoms with Gasteiger partial charge in [0.25, 0.3) is 0 Å². The van der Waals surface area contributed by atoms with E-state index in [4.69, 9.17) is 4.42 Å². The van der Waals surface area contributed by atoms with E-state index in [9.17, 15) is 4.79 Å². The fourth-order valence-corrected chi connectivity index (χ4v) is 3.03. The van der Waals surface area contributed by atoms with Crippen LogP contribution in [-0.2, 0) is 6.42 Å². The van der Waals surface area contributed by atoms with Crippen molar-refractivity contribution < 1.29 is 9.21 Å². The number of furan rings is 1. The smallest absolute Gasteiger partial charge is 0.183 e. The molecule has 0 bridgehead atoms. The number of ketones is 1. The van der Waals surface area contributed by atoms with Crippen LogP contribution in [0.1, 0.15) is 40.0 Å². The zero-order valence-electron chi connectivity index (χ0n) is 12.3. The maximum Gasteiger partial charge on any atom is 0.183 e. The minimum atomic E-state index is 0.0822. The number of aromatic nitrogens is 2. The Morgan fingerprint density at radius 1 is 1.14 bits per heavy atom. The molecule has 4 heteroatoms. The average Bonchev–Trinajstić information content (AvgIpc) is 3.14. The third-order valence-corrected chi connectivity index (χ3v) is 4.14. The predicted molar refractivity (Wildman–Crippen MR) is 82.9 cm³/mol. The van der Waals surface area contributed by atoms with Gasteiger partial charge in [-0.15, -0.1) is 0 Å². The molecule has 22 heavy (non-hydrogen) atoms. The van der Waals surface area contributed by atoms with Gasteiger partial charge in [0.05, 0.1) is 0 Å². The Hall–Kier alpha value is -2.62. The van der Waals surface area contributed by atoms with Gasteiger partial charge < -0.3 is 9.40 Å². The zero-order valence-corrected chi connectivity index (χ0v) is 12.3. The maximum absolute atomic E-state index is 12.4. The molecule has 2 heterocycles. The van der Waals surface area contributed by atoms with Crippen molar-refractivity contribution in [3.63, 3.8) is 0 Å². The third kappa shape index (κ3) is 2.17. The first kappa shape index (κ1) is 13.1. The Morgan fingerprint density at radius 2 is 1.95 bits per heavy atom. The van der Waals surface area contributed by atoms with Gasteiger partial charge in [-0.25, -0.2) is 4.98 Å². The first-order valence-electron chi connectivity index (χ1n) is 7.44. The van der Waals surface area contributed by atoms with Crippen molar-refractivity contribution in [1.29, 1.82) is 0 Å². The van der Waals surface area contributed by atoms with Gasteiger partial charge in [0.15, 0.2) is 5.78 Å². The predicted octanol–water partition coefficient (Wildman–Crippen LogP) is 3.89. The number of rotatable bonds is 2. The molecule has 0 radical (unpaired) electrons. The van der Waals surface area contributed by atoms with Crippen LogP contribution in [0.4, 0.5) is 0 Å². The Morgan fingerprint density at radius 3 is 2.68 bits per heavy atom. The fourth-order valence-electron chi connectivity index (χ4n) is 3.03. The van der Waals surface area contributed by atoms with E-state index in [1.807, 2.05) is 49.4 Å². The summed E-state index contributed by atoms with van der Waals surface area (Å²) in [6.07, 6.45) is 1.22. The van der Waals surface area contributed by atoms with Crippen molar-refractivity contribution in [2.45, 2.75) is 25.7 Å². The number of benzene rings is 1. The lowest BCUT2D eigenvalue weighted by Gasteiger charge is -2.18. The Kier molecular flexibility index (Phi) is 2.96. The van der Waals surface area contributed by atoms with Gasteiger partial charge in [-0.05, 0) is 19.1 Å². The SMILES string of the molecule is Cc1ccc([C@H]2CC(=O)c3nc(-c4ccccc4)[nH]c3C2)o1.